The van der Waals surface area contributed by atoms with Crippen molar-refractivity contribution in [2.45, 2.75) is 13.8 Å². The van der Waals surface area contributed by atoms with Crippen LogP contribution in [-0.2, 0) is 14.4 Å². The fourth-order valence-electron chi connectivity index (χ4n) is 0.285. The first-order valence-electron chi connectivity index (χ1n) is 3.87. The van der Waals surface area contributed by atoms with E-state index in [-0.39, 0.29) is 11.8 Å². The van der Waals surface area contributed by atoms with E-state index in [2.05, 4.69) is 11.4 Å². The number of allylic oxidation sites excluding steroid dienone is 1. The highest BCUT2D eigenvalue weighted by Crippen LogP contribution is 1.85. The van der Waals surface area contributed by atoms with Crippen LogP contribution < -0.4 is 11.2 Å². The molecule has 0 atom stereocenters. The van der Waals surface area contributed by atoms with Gasteiger partial charge in [0, 0.05) is 5.57 Å². The Morgan fingerprint density at radius 2 is 2.00 bits per heavy atom. The van der Waals surface area contributed by atoms with E-state index in [0.717, 1.165) is 6.08 Å². The maximum absolute atomic E-state index is 10.1. The molecule has 0 radical (unpaired) electrons. The highest BCUT2D eigenvalue weighted by molar-refractivity contribution is 5.91. The van der Waals surface area contributed by atoms with Crippen LogP contribution in [0.15, 0.2) is 24.3 Å². The summed E-state index contributed by atoms with van der Waals surface area (Å²) in [5, 5.41) is 0. The van der Waals surface area contributed by atoms with Gasteiger partial charge in [-0.25, -0.2) is 5.48 Å². The van der Waals surface area contributed by atoms with Gasteiger partial charge < -0.3 is 5.73 Å². The summed E-state index contributed by atoms with van der Waals surface area (Å²) in [5.41, 5.74) is 7.49. The third kappa shape index (κ3) is 10.4. The summed E-state index contributed by atoms with van der Waals surface area (Å²) in [7, 11) is 1.36. The number of carbonyl (C=O) groups is 2. The van der Waals surface area contributed by atoms with Crippen LogP contribution in [0.5, 0.6) is 0 Å². The third-order valence-electron chi connectivity index (χ3n) is 1.21. The van der Waals surface area contributed by atoms with Crippen LogP contribution in [0, 0.1) is 0 Å². The summed E-state index contributed by atoms with van der Waals surface area (Å²) in [6.45, 7) is 6.65. The number of hydroxylamine groups is 1. The van der Waals surface area contributed by atoms with Crippen LogP contribution in [0.3, 0.4) is 0 Å². The summed E-state index contributed by atoms with van der Waals surface area (Å²) in [6, 6.07) is 0. The molecule has 0 aliphatic carbocycles. The Bertz CT molecular complexity index is 234. The fourth-order valence-corrected chi connectivity index (χ4v) is 0.285. The van der Waals surface area contributed by atoms with Crippen molar-refractivity contribution in [1.82, 2.24) is 5.48 Å². The molecule has 0 heterocycles. The van der Waals surface area contributed by atoms with Gasteiger partial charge in [-0.05, 0) is 19.9 Å². The summed E-state index contributed by atoms with van der Waals surface area (Å²) >= 11 is 0. The Morgan fingerprint density at radius 3 is 2.07 bits per heavy atom. The lowest BCUT2D eigenvalue weighted by molar-refractivity contribution is -0.126. The minimum atomic E-state index is -0.345. The summed E-state index contributed by atoms with van der Waals surface area (Å²) in [4.78, 5) is 24.4. The molecule has 0 aliphatic heterocycles. The highest BCUT2D eigenvalue weighted by atomic mass is 16.6. The molecule has 0 saturated carbocycles. The van der Waals surface area contributed by atoms with E-state index >= 15 is 0 Å². The molecule has 0 bridgehead atoms. The summed E-state index contributed by atoms with van der Waals surface area (Å²) in [6.07, 6.45) is 2.81. The van der Waals surface area contributed by atoms with Gasteiger partial charge in [-0.1, -0.05) is 12.7 Å². The number of rotatable bonds is 3. The van der Waals surface area contributed by atoms with Crippen LogP contribution in [0.1, 0.15) is 13.8 Å². The Kier molecular flexibility index (Phi) is 10.1. The van der Waals surface area contributed by atoms with E-state index in [4.69, 9.17) is 5.73 Å². The number of primary amides is 1. The van der Waals surface area contributed by atoms with Crippen LogP contribution in [0.2, 0.25) is 0 Å². The smallest absolute Gasteiger partial charge is 0.266 e. The fraction of sp³-hybridized carbons (Fsp3) is 0.333. The average molecular weight is 200 g/mol. The van der Waals surface area contributed by atoms with E-state index < -0.39 is 0 Å². The molecule has 0 aromatic heterocycles. The molecular formula is C9H16N2O3. The number of amides is 2. The molecular weight excluding hydrogens is 184 g/mol. The zero-order valence-electron chi connectivity index (χ0n) is 8.66. The van der Waals surface area contributed by atoms with Crippen molar-refractivity contribution in [3.63, 3.8) is 0 Å². The van der Waals surface area contributed by atoms with Crippen LogP contribution in [0.25, 0.3) is 0 Å². The largest absolute Gasteiger partial charge is 0.366 e. The Hall–Kier alpha value is -1.62. The van der Waals surface area contributed by atoms with E-state index in [1.165, 1.54) is 7.11 Å². The normalized spacial score (nSPS) is 9.50. The molecule has 3 N–H and O–H groups in total. The maximum atomic E-state index is 10.1. The minimum absolute atomic E-state index is 0.331. The van der Waals surface area contributed by atoms with Crippen molar-refractivity contribution in [3.8, 4) is 0 Å². The van der Waals surface area contributed by atoms with Crippen molar-refractivity contribution in [1.29, 1.82) is 0 Å². The third-order valence-corrected chi connectivity index (χ3v) is 1.21. The first kappa shape index (κ1) is 14.9. The lowest BCUT2D eigenvalue weighted by Gasteiger charge is -1.91. The Balaban J connectivity index is 0. The van der Waals surface area contributed by atoms with Gasteiger partial charge in [0.25, 0.3) is 5.91 Å². The van der Waals surface area contributed by atoms with Crippen molar-refractivity contribution < 1.29 is 14.4 Å². The van der Waals surface area contributed by atoms with Gasteiger partial charge in [0.2, 0.25) is 5.91 Å². The molecule has 5 heteroatoms. The molecule has 0 aromatic carbocycles. The number of nitrogens with two attached hydrogens (primary N) is 1. The van der Waals surface area contributed by atoms with Crippen LogP contribution in [-0.4, -0.2) is 18.9 Å². The van der Waals surface area contributed by atoms with Crippen molar-refractivity contribution in [2.75, 3.05) is 7.11 Å². The molecule has 0 fully saturated rings. The molecule has 0 spiro atoms. The minimum Gasteiger partial charge on any atom is -0.366 e. The second-order valence-corrected chi connectivity index (χ2v) is 2.21. The Morgan fingerprint density at radius 1 is 1.50 bits per heavy atom. The molecule has 0 unspecified atom stereocenters. The molecule has 0 rings (SSSR count). The molecule has 2 amide bonds. The van der Waals surface area contributed by atoms with E-state index in [0.29, 0.717) is 5.57 Å². The number of carbonyl (C=O) groups excluding carboxylic acids is 2. The Labute approximate surface area is 83.6 Å². The molecule has 14 heavy (non-hydrogen) atoms. The van der Waals surface area contributed by atoms with Crippen LogP contribution in [0.4, 0.5) is 0 Å². The average Bonchev–Trinajstić information content (AvgIpc) is 2.17. The van der Waals surface area contributed by atoms with Gasteiger partial charge >= 0.3 is 0 Å². The van der Waals surface area contributed by atoms with Crippen molar-refractivity contribution >= 4 is 11.8 Å². The molecule has 0 aromatic rings. The lowest BCUT2D eigenvalue weighted by Crippen LogP contribution is -2.18. The molecule has 5 nitrogen and oxygen atoms in total. The second-order valence-electron chi connectivity index (χ2n) is 2.21. The van der Waals surface area contributed by atoms with Crippen molar-refractivity contribution in [3.05, 3.63) is 24.3 Å². The number of hydrogen-bond acceptors (Lipinski definition) is 3. The maximum Gasteiger partial charge on any atom is 0.266 e. The van der Waals surface area contributed by atoms with E-state index in [9.17, 15) is 9.59 Å². The predicted molar refractivity (Wildman–Crippen MR) is 54.0 cm³/mol. The molecule has 80 valence electrons. The van der Waals surface area contributed by atoms with E-state index in [1.807, 2.05) is 5.48 Å². The standard InChI is InChI=1S/C5H9NO.C4H7NO2/c1-3-4(2)5(6)7;1-3-4(6)5-7-2/h3H,1-2H3,(H2,6,7);3H,1H2,2H3,(H,5,6). The second kappa shape index (κ2) is 9.47. The van der Waals surface area contributed by atoms with E-state index in [1.54, 1.807) is 19.9 Å². The zero-order chi connectivity index (χ0) is 11.6. The molecule has 0 saturated heterocycles. The SMILES string of the molecule is C=CC(=O)NOC.CC=C(C)C(N)=O. The quantitative estimate of drug-likeness (QED) is 0.507. The van der Waals surface area contributed by atoms with Gasteiger partial charge in [-0.15, -0.1) is 0 Å². The van der Waals surface area contributed by atoms with Gasteiger partial charge in [0.05, 0.1) is 7.11 Å². The number of hydrogen-bond donors (Lipinski definition) is 2. The zero-order valence-corrected chi connectivity index (χ0v) is 8.66. The molecule has 0 aliphatic rings. The summed E-state index contributed by atoms with van der Waals surface area (Å²) in [5.74, 6) is -0.676. The lowest BCUT2D eigenvalue weighted by atomic mass is 10.3. The van der Waals surface area contributed by atoms with Gasteiger partial charge in [-0.2, -0.15) is 0 Å². The topological polar surface area (TPSA) is 81.4 Å². The van der Waals surface area contributed by atoms with Gasteiger partial charge in [-0.3, -0.25) is 14.4 Å². The van der Waals surface area contributed by atoms with Crippen molar-refractivity contribution in [2.24, 2.45) is 5.73 Å². The highest BCUT2D eigenvalue weighted by Gasteiger charge is 1.90. The predicted octanol–water partition coefficient (Wildman–Crippen LogP) is 0.288. The monoisotopic (exact) mass is 200 g/mol. The first-order valence-corrected chi connectivity index (χ1v) is 3.87. The van der Waals surface area contributed by atoms with Gasteiger partial charge in [0.15, 0.2) is 0 Å². The van der Waals surface area contributed by atoms with Gasteiger partial charge in [0.1, 0.15) is 0 Å². The van der Waals surface area contributed by atoms with Crippen LogP contribution >= 0.6 is 0 Å². The summed E-state index contributed by atoms with van der Waals surface area (Å²) < 4.78 is 0. The number of nitrogens with one attached hydrogen (secondary N) is 1. The first-order chi connectivity index (χ1) is 6.49.